The number of imidazole rings is 1. The van der Waals surface area contributed by atoms with Crippen LogP contribution in [0.5, 0.6) is 0 Å². The molecule has 1 N–H and O–H groups in total. The van der Waals surface area contributed by atoms with E-state index >= 15 is 0 Å². The fraction of sp³-hybridized carbons (Fsp3) is 0.368. The van der Waals surface area contributed by atoms with Crippen LogP contribution in [0, 0.1) is 6.92 Å². The van der Waals surface area contributed by atoms with Crippen LogP contribution in [0.1, 0.15) is 24.6 Å². The molecule has 1 aromatic carbocycles. The zero-order valence-corrected chi connectivity index (χ0v) is 15.7. The van der Waals surface area contributed by atoms with Crippen molar-refractivity contribution in [3.8, 4) is 11.3 Å². The molecule has 0 radical (unpaired) electrons. The third-order valence-corrected chi connectivity index (χ3v) is 4.40. The highest BCUT2D eigenvalue weighted by Crippen LogP contribution is 2.31. The molecule has 2 heterocycles. The van der Waals surface area contributed by atoms with Crippen LogP contribution in [0.15, 0.2) is 36.5 Å². The third kappa shape index (κ3) is 4.05. The van der Waals surface area contributed by atoms with Crippen molar-refractivity contribution in [1.29, 1.82) is 0 Å². The van der Waals surface area contributed by atoms with Gasteiger partial charge in [0.25, 0.3) is 0 Å². The molecule has 0 aliphatic heterocycles. The van der Waals surface area contributed by atoms with Crippen LogP contribution >= 0.6 is 0 Å². The first-order valence-corrected chi connectivity index (χ1v) is 8.66. The highest BCUT2D eigenvalue weighted by molar-refractivity contribution is 5.63. The first kappa shape index (κ1) is 19.2. The fourth-order valence-electron chi connectivity index (χ4n) is 2.93. The van der Waals surface area contributed by atoms with Crippen molar-refractivity contribution in [1.82, 2.24) is 19.3 Å². The predicted molar refractivity (Wildman–Crippen MR) is 99.6 cm³/mol. The van der Waals surface area contributed by atoms with Crippen molar-refractivity contribution in [3.05, 3.63) is 47.8 Å². The highest BCUT2D eigenvalue weighted by Gasteiger charge is 2.30. The summed E-state index contributed by atoms with van der Waals surface area (Å²) in [5, 5.41) is 3.47. The molecule has 144 valence electrons. The number of nitrogens with one attached hydrogen (secondary N) is 1. The molecular weight excluding hydrogens is 355 g/mol. The van der Waals surface area contributed by atoms with Crippen molar-refractivity contribution < 1.29 is 13.2 Å². The monoisotopic (exact) mass is 377 g/mol. The SMILES string of the molecule is CCC(Nc1cc(C)nc2nc(-c3ccc(C(F)(F)F)cc3)cn12)N(C)C. The number of aromatic nitrogens is 3. The maximum Gasteiger partial charge on any atom is 0.416 e. The number of nitrogens with zero attached hydrogens (tertiary/aromatic N) is 4. The molecule has 0 aliphatic carbocycles. The summed E-state index contributed by atoms with van der Waals surface area (Å²) < 4.78 is 40.1. The van der Waals surface area contributed by atoms with Crippen molar-refractivity contribution in [2.75, 3.05) is 19.4 Å². The molecule has 0 bridgehead atoms. The van der Waals surface area contributed by atoms with Crippen LogP contribution in [0.4, 0.5) is 19.0 Å². The van der Waals surface area contributed by atoms with Crippen LogP contribution in [-0.4, -0.2) is 39.5 Å². The fourth-order valence-corrected chi connectivity index (χ4v) is 2.93. The Morgan fingerprint density at radius 1 is 1.15 bits per heavy atom. The average molecular weight is 377 g/mol. The Morgan fingerprint density at radius 2 is 1.81 bits per heavy atom. The molecule has 3 aromatic rings. The van der Waals surface area contributed by atoms with Gasteiger partial charge in [0.1, 0.15) is 5.82 Å². The Labute approximate surface area is 155 Å². The molecule has 2 aromatic heterocycles. The number of alkyl halides is 3. The van der Waals surface area contributed by atoms with Gasteiger partial charge in [-0.1, -0.05) is 19.1 Å². The van der Waals surface area contributed by atoms with E-state index in [9.17, 15) is 13.2 Å². The number of fused-ring (bicyclic) bond motifs is 1. The van der Waals surface area contributed by atoms with E-state index in [-0.39, 0.29) is 6.17 Å². The van der Waals surface area contributed by atoms with E-state index in [4.69, 9.17) is 0 Å². The second-order valence-electron chi connectivity index (χ2n) is 6.69. The van der Waals surface area contributed by atoms with Crippen molar-refractivity contribution >= 4 is 11.6 Å². The maximum atomic E-state index is 12.8. The first-order valence-electron chi connectivity index (χ1n) is 8.66. The van der Waals surface area contributed by atoms with Crippen LogP contribution in [0.2, 0.25) is 0 Å². The summed E-state index contributed by atoms with van der Waals surface area (Å²) >= 11 is 0. The van der Waals surface area contributed by atoms with E-state index in [1.165, 1.54) is 12.1 Å². The second-order valence-corrected chi connectivity index (χ2v) is 6.69. The molecule has 8 heteroatoms. The van der Waals surface area contributed by atoms with Gasteiger partial charge in [-0.15, -0.1) is 0 Å². The second kappa shape index (κ2) is 7.19. The molecule has 0 saturated heterocycles. The first-order chi connectivity index (χ1) is 12.7. The van der Waals surface area contributed by atoms with Crippen LogP contribution in [-0.2, 0) is 6.18 Å². The van der Waals surface area contributed by atoms with Gasteiger partial charge in [-0.2, -0.15) is 13.2 Å². The van der Waals surface area contributed by atoms with Crippen LogP contribution in [0.25, 0.3) is 17.0 Å². The molecule has 1 unspecified atom stereocenters. The van der Waals surface area contributed by atoms with E-state index in [0.717, 1.165) is 30.1 Å². The summed E-state index contributed by atoms with van der Waals surface area (Å²) in [7, 11) is 3.99. The number of hydrogen-bond donors (Lipinski definition) is 1. The molecular formula is C19H22F3N5. The van der Waals surface area contributed by atoms with Gasteiger partial charge in [-0.25, -0.2) is 9.97 Å². The Hall–Kier alpha value is -2.61. The summed E-state index contributed by atoms with van der Waals surface area (Å²) in [6, 6.07) is 6.92. The zero-order chi connectivity index (χ0) is 19.8. The van der Waals surface area contributed by atoms with Gasteiger partial charge >= 0.3 is 6.18 Å². The zero-order valence-electron chi connectivity index (χ0n) is 15.7. The largest absolute Gasteiger partial charge is 0.416 e. The number of rotatable bonds is 5. The number of hydrogen-bond acceptors (Lipinski definition) is 4. The van der Waals surface area contributed by atoms with Crippen molar-refractivity contribution in [2.45, 2.75) is 32.6 Å². The maximum absolute atomic E-state index is 12.8. The normalized spacial score (nSPS) is 13.3. The summed E-state index contributed by atoms with van der Waals surface area (Å²) in [6.45, 7) is 3.97. The molecule has 5 nitrogen and oxygen atoms in total. The topological polar surface area (TPSA) is 45.5 Å². The lowest BCUT2D eigenvalue weighted by atomic mass is 10.1. The summed E-state index contributed by atoms with van der Waals surface area (Å²) in [5.41, 5.74) is 1.31. The van der Waals surface area contributed by atoms with Gasteiger partial charge in [0, 0.05) is 23.5 Å². The number of aryl methyl sites for hydroxylation is 1. The van der Waals surface area contributed by atoms with Gasteiger partial charge in [-0.3, -0.25) is 9.30 Å². The summed E-state index contributed by atoms with van der Waals surface area (Å²) in [4.78, 5) is 11.0. The van der Waals surface area contributed by atoms with Crippen molar-refractivity contribution in [3.63, 3.8) is 0 Å². The van der Waals surface area contributed by atoms with E-state index in [1.54, 1.807) is 6.20 Å². The molecule has 0 saturated carbocycles. The Balaban J connectivity index is 2.01. The minimum Gasteiger partial charge on any atom is -0.356 e. The smallest absolute Gasteiger partial charge is 0.356 e. The van der Waals surface area contributed by atoms with Crippen LogP contribution < -0.4 is 5.32 Å². The summed E-state index contributed by atoms with van der Waals surface area (Å²) in [6.07, 6.45) is -1.54. The van der Waals surface area contributed by atoms with E-state index in [1.807, 2.05) is 31.5 Å². The molecule has 27 heavy (non-hydrogen) atoms. The molecule has 0 aliphatic rings. The summed E-state index contributed by atoms with van der Waals surface area (Å²) in [5.74, 6) is 1.34. The third-order valence-electron chi connectivity index (χ3n) is 4.40. The molecule has 0 fully saturated rings. The minimum absolute atomic E-state index is 0.131. The van der Waals surface area contributed by atoms with Crippen LogP contribution in [0.3, 0.4) is 0 Å². The van der Waals surface area contributed by atoms with Gasteiger partial charge in [0.2, 0.25) is 5.78 Å². The van der Waals surface area contributed by atoms with Crippen molar-refractivity contribution in [2.24, 2.45) is 0 Å². The van der Waals surface area contributed by atoms with Gasteiger partial charge in [-0.05, 0) is 39.6 Å². The Bertz CT molecular complexity index is 929. The Morgan fingerprint density at radius 3 is 2.37 bits per heavy atom. The number of anilines is 1. The van der Waals surface area contributed by atoms with E-state index in [0.29, 0.717) is 17.0 Å². The minimum atomic E-state index is -4.35. The highest BCUT2D eigenvalue weighted by atomic mass is 19.4. The lowest BCUT2D eigenvalue weighted by Gasteiger charge is -2.25. The molecule has 0 amide bonds. The molecule has 1 atom stereocenters. The lowest BCUT2D eigenvalue weighted by molar-refractivity contribution is -0.137. The van der Waals surface area contributed by atoms with E-state index in [2.05, 4.69) is 27.1 Å². The quantitative estimate of drug-likeness (QED) is 0.668. The van der Waals surface area contributed by atoms with Gasteiger partial charge < -0.3 is 5.32 Å². The number of halogens is 3. The van der Waals surface area contributed by atoms with E-state index < -0.39 is 11.7 Å². The standard InChI is InChI=1S/C19H22F3N5/c1-5-16(26(3)4)25-17-10-12(2)23-18-24-15(11-27(17)18)13-6-8-14(9-7-13)19(20,21)22/h6-11,16,25H,5H2,1-4H3. The Kier molecular flexibility index (Phi) is 5.10. The molecule has 3 rings (SSSR count). The number of benzene rings is 1. The molecule has 0 spiro atoms. The van der Waals surface area contributed by atoms with Gasteiger partial charge in [0.05, 0.1) is 17.4 Å². The predicted octanol–water partition coefficient (Wildman–Crippen LogP) is 4.43. The lowest BCUT2D eigenvalue weighted by Crippen LogP contribution is -2.35. The van der Waals surface area contributed by atoms with Gasteiger partial charge in [0.15, 0.2) is 0 Å². The average Bonchev–Trinajstić information content (AvgIpc) is 3.02.